The van der Waals surface area contributed by atoms with Crippen LogP contribution in [0.2, 0.25) is 0 Å². The van der Waals surface area contributed by atoms with E-state index in [4.69, 9.17) is 0 Å². The van der Waals surface area contributed by atoms with E-state index in [0.29, 0.717) is 0 Å². The van der Waals surface area contributed by atoms with Gasteiger partial charge in [-0.25, -0.2) is 23.8 Å². The Morgan fingerprint density at radius 1 is 0.808 bits per heavy atom. The maximum absolute atomic E-state index is 3.34. The smallest absolute Gasteiger partial charge is 0.171 e. The molecule has 0 amide bonds. The first-order valence-corrected chi connectivity index (χ1v) is 10.2. The Bertz CT molecular complexity index is 554. The van der Waals surface area contributed by atoms with Gasteiger partial charge in [0.25, 0.3) is 0 Å². The molecule has 4 rings (SSSR count). The first-order chi connectivity index (χ1) is 12.8. The standard InChI is InChI=1S/C7H9.2C6H5.C5H5.CH2.Zr/c1-6-4-3-5-7(6)2;2*1-2-4-6-5-3-1;1-2-4-5-3-1;;/h4H,5H2,1-2H3;2*1-5H;1-3H,4H2;1H2;/q4*-1;;. The summed E-state index contributed by atoms with van der Waals surface area (Å²) >= 11 is 1.30. The molecule has 2 aliphatic rings. The Hall–Kier alpha value is -1.85. The van der Waals surface area contributed by atoms with Crippen LogP contribution in [0.15, 0.2) is 96.1 Å². The Morgan fingerprint density at radius 3 is 1.46 bits per heavy atom. The van der Waals surface area contributed by atoms with Gasteiger partial charge in [0, 0.05) is 0 Å². The van der Waals surface area contributed by atoms with Gasteiger partial charge in [-0.05, 0) is 0 Å². The van der Waals surface area contributed by atoms with Crippen LogP contribution in [0.1, 0.15) is 26.7 Å². The molecule has 0 aliphatic heterocycles. The average Bonchev–Trinajstić information content (AvgIpc) is 3.43. The van der Waals surface area contributed by atoms with Gasteiger partial charge < -0.3 is 0 Å². The summed E-state index contributed by atoms with van der Waals surface area (Å²) < 4.78 is 3.34. The molecule has 0 nitrogen and oxygen atoms in total. The van der Waals surface area contributed by atoms with Crippen LogP contribution in [0.4, 0.5) is 0 Å². The summed E-state index contributed by atoms with van der Waals surface area (Å²) in [6.45, 7) is 4.27. The monoisotopic (exact) mass is 416 g/mol. The first-order valence-electron chi connectivity index (χ1n) is 8.43. The molecule has 1 heteroatoms. The third kappa shape index (κ3) is 15.7. The number of rotatable bonds is 0. The summed E-state index contributed by atoms with van der Waals surface area (Å²) in [6, 6.07) is 25.0. The van der Waals surface area contributed by atoms with Gasteiger partial charge in [-0.2, -0.15) is 84.4 Å². The van der Waals surface area contributed by atoms with Crippen LogP contribution in [0.3, 0.4) is 0 Å². The largest absolute Gasteiger partial charge is 0.184 e. The van der Waals surface area contributed by atoms with Crippen molar-refractivity contribution in [2.24, 2.45) is 0 Å². The van der Waals surface area contributed by atoms with E-state index < -0.39 is 0 Å². The molecule has 0 heterocycles. The molecule has 134 valence electrons. The van der Waals surface area contributed by atoms with Crippen molar-refractivity contribution in [1.29, 1.82) is 0 Å². The predicted octanol–water partition coefficient (Wildman–Crippen LogP) is 6.33. The fraction of sp³-hybridized carbons (Fsp3) is 0.160. The van der Waals surface area contributed by atoms with Crippen molar-refractivity contribution < 1.29 is 24.2 Å². The SMILES string of the molecule is CC1=C(C)C[C-]=C1.[C-]1=CC=CC1.[CH2]=[Zr].[c-]1ccccc1.[c-]1ccccc1. The van der Waals surface area contributed by atoms with Crippen LogP contribution < -0.4 is 0 Å². The van der Waals surface area contributed by atoms with Crippen molar-refractivity contribution in [1.82, 2.24) is 0 Å². The molecule has 0 saturated heterocycles. The minimum absolute atomic E-state index is 1.01. The molecular formula is C25H26Zr-4. The minimum atomic E-state index is 1.01. The average molecular weight is 418 g/mol. The summed E-state index contributed by atoms with van der Waals surface area (Å²) in [5, 5.41) is 0. The van der Waals surface area contributed by atoms with Crippen molar-refractivity contribution >= 4 is 4.21 Å². The molecule has 0 spiro atoms. The van der Waals surface area contributed by atoms with E-state index in [0.717, 1.165) is 12.8 Å². The summed E-state index contributed by atoms with van der Waals surface area (Å²) in [6.07, 6.45) is 16.2. The molecule has 0 bridgehead atoms. The van der Waals surface area contributed by atoms with Gasteiger partial charge in [0.2, 0.25) is 0 Å². The van der Waals surface area contributed by atoms with Gasteiger partial charge in [-0.15, -0.1) is 19.8 Å². The van der Waals surface area contributed by atoms with Crippen molar-refractivity contribution in [3.8, 4) is 0 Å². The van der Waals surface area contributed by atoms with Crippen molar-refractivity contribution in [2.45, 2.75) is 26.7 Å². The maximum atomic E-state index is 3.34. The second-order valence-electron chi connectivity index (χ2n) is 5.15. The van der Waals surface area contributed by atoms with Gasteiger partial charge >= 0.3 is 28.4 Å². The summed E-state index contributed by atoms with van der Waals surface area (Å²) in [4.78, 5) is 0. The maximum Gasteiger partial charge on any atom is -0.171 e. The summed E-state index contributed by atoms with van der Waals surface area (Å²) in [5.41, 5.74) is 2.85. The van der Waals surface area contributed by atoms with E-state index in [2.05, 4.69) is 54.5 Å². The molecular weight excluding hydrogens is 391 g/mol. The van der Waals surface area contributed by atoms with E-state index in [1.54, 1.807) is 0 Å². The molecule has 0 fully saturated rings. The van der Waals surface area contributed by atoms with Crippen LogP contribution in [0.5, 0.6) is 0 Å². The van der Waals surface area contributed by atoms with Gasteiger partial charge in [-0.3, -0.25) is 12.2 Å². The van der Waals surface area contributed by atoms with Gasteiger partial charge in [-0.1, -0.05) is 6.92 Å². The van der Waals surface area contributed by atoms with Gasteiger partial charge in [0.05, 0.1) is 0 Å². The normalized spacial score (nSPS) is 12.3. The topological polar surface area (TPSA) is 0 Å². The Balaban J connectivity index is 0.000000312. The van der Waals surface area contributed by atoms with Crippen LogP contribution in [-0.4, -0.2) is 4.21 Å². The molecule has 0 N–H and O–H groups in total. The molecule has 0 atom stereocenters. The molecule has 2 aromatic rings. The van der Waals surface area contributed by atoms with E-state index >= 15 is 0 Å². The fourth-order valence-corrected chi connectivity index (χ4v) is 1.64. The predicted molar refractivity (Wildman–Crippen MR) is 110 cm³/mol. The molecule has 0 radical (unpaired) electrons. The quantitative estimate of drug-likeness (QED) is 0.439. The molecule has 26 heavy (non-hydrogen) atoms. The second kappa shape index (κ2) is 19.5. The van der Waals surface area contributed by atoms with Crippen LogP contribution in [-0.2, 0) is 24.2 Å². The van der Waals surface area contributed by atoms with E-state index in [1.165, 1.54) is 35.4 Å². The van der Waals surface area contributed by atoms with E-state index in [9.17, 15) is 0 Å². The molecule has 2 aromatic carbocycles. The minimum Gasteiger partial charge on any atom is -0.184 e. The van der Waals surface area contributed by atoms with E-state index in [1.807, 2.05) is 72.8 Å². The summed E-state index contributed by atoms with van der Waals surface area (Å²) in [5.74, 6) is 0. The zero-order chi connectivity index (χ0) is 19.3. The first kappa shape index (κ1) is 24.2. The molecule has 2 aliphatic carbocycles. The molecule has 0 aromatic heterocycles. The molecule has 0 saturated carbocycles. The second-order valence-corrected chi connectivity index (χ2v) is 5.15. The molecule has 0 unspecified atom stereocenters. The van der Waals surface area contributed by atoms with Crippen LogP contribution in [0.25, 0.3) is 0 Å². The Kier molecular flexibility index (Phi) is 18.1. The van der Waals surface area contributed by atoms with Crippen molar-refractivity contribution in [3.05, 3.63) is 120 Å². The summed E-state index contributed by atoms with van der Waals surface area (Å²) in [7, 11) is 0. The van der Waals surface area contributed by atoms with Gasteiger partial charge in [0.1, 0.15) is 0 Å². The van der Waals surface area contributed by atoms with Crippen molar-refractivity contribution in [3.63, 3.8) is 0 Å². The Morgan fingerprint density at radius 2 is 1.35 bits per heavy atom. The zero-order valence-corrected chi connectivity index (χ0v) is 18.2. The fourth-order valence-electron chi connectivity index (χ4n) is 1.64. The third-order valence-corrected chi connectivity index (χ3v) is 3.16. The van der Waals surface area contributed by atoms with Gasteiger partial charge in [0.15, 0.2) is 0 Å². The number of benzene rings is 2. The number of hydrogen-bond donors (Lipinski definition) is 0. The Labute approximate surface area is 175 Å². The zero-order valence-electron chi connectivity index (χ0n) is 15.7. The van der Waals surface area contributed by atoms with Crippen LogP contribution in [0, 0.1) is 24.3 Å². The van der Waals surface area contributed by atoms with Crippen LogP contribution >= 0.6 is 0 Å². The van der Waals surface area contributed by atoms with E-state index in [-0.39, 0.29) is 0 Å². The van der Waals surface area contributed by atoms with Crippen molar-refractivity contribution in [2.75, 3.05) is 0 Å². The number of hydrogen-bond acceptors (Lipinski definition) is 0. The third-order valence-electron chi connectivity index (χ3n) is 3.16. The number of allylic oxidation sites excluding steroid dienone is 8.